The van der Waals surface area contributed by atoms with Crippen molar-refractivity contribution in [2.24, 2.45) is 0 Å². The lowest BCUT2D eigenvalue weighted by Crippen LogP contribution is -1.98. The largest absolute Gasteiger partial charge is 0.455 e. The fraction of sp³-hybridized carbons (Fsp3) is 0. The summed E-state index contributed by atoms with van der Waals surface area (Å²) >= 11 is 0. The van der Waals surface area contributed by atoms with E-state index in [4.69, 9.17) is 4.42 Å². The van der Waals surface area contributed by atoms with Crippen LogP contribution >= 0.6 is 0 Å². The molecule has 0 N–H and O–H groups in total. The molecule has 0 aliphatic carbocycles. The minimum absolute atomic E-state index is 0.917. The Balaban J connectivity index is 1.29. The zero-order chi connectivity index (χ0) is 31.3. The minimum Gasteiger partial charge on any atom is -0.455 e. The van der Waals surface area contributed by atoms with Crippen LogP contribution in [0.15, 0.2) is 168 Å². The molecule has 222 valence electrons. The van der Waals surface area contributed by atoms with Crippen molar-refractivity contribution in [1.82, 2.24) is 4.57 Å². The average Bonchev–Trinajstić information content (AvgIpc) is 3.69. The van der Waals surface area contributed by atoms with Gasteiger partial charge in [0, 0.05) is 37.9 Å². The van der Waals surface area contributed by atoms with E-state index in [0.29, 0.717) is 0 Å². The number of hydrogen-bond acceptors (Lipinski definition) is 1. The van der Waals surface area contributed by atoms with Gasteiger partial charge in [0.15, 0.2) is 0 Å². The number of rotatable bonds is 2. The minimum atomic E-state index is 0.917. The first kappa shape index (κ1) is 25.8. The highest BCUT2D eigenvalue weighted by Gasteiger charge is 2.20. The first-order valence-electron chi connectivity index (χ1n) is 16.5. The molecule has 48 heavy (non-hydrogen) atoms. The number of hydrogen-bond donors (Lipinski definition) is 0. The Morgan fingerprint density at radius 2 is 1.04 bits per heavy atom. The van der Waals surface area contributed by atoms with Crippen LogP contribution in [0.1, 0.15) is 0 Å². The molecule has 2 heteroatoms. The fourth-order valence-corrected chi connectivity index (χ4v) is 8.21. The SMILES string of the molecule is c1ccc2c(c1)ccc1c(-n3c4ccccc4c4cc(-c5cccc6c5oc5ccccc56)ccc43)c3c(ccc4ccccc43)cc12. The number of nitrogens with zero attached hydrogens (tertiary/aromatic N) is 1. The molecule has 0 bridgehead atoms. The second-order valence-corrected chi connectivity index (χ2v) is 12.9. The van der Waals surface area contributed by atoms with E-state index >= 15 is 0 Å². The maximum absolute atomic E-state index is 6.48. The van der Waals surface area contributed by atoms with Crippen LogP contribution in [0.2, 0.25) is 0 Å². The van der Waals surface area contributed by atoms with Gasteiger partial charge in [-0.1, -0.05) is 133 Å². The molecule has 0 unspecified atom stereocenters. The summed E-state index contributed by atoms with van der Waals surface area (Å²) in [6, 6.07) is 59.6. The Hall–Kier alpha value is -6.38. The van der Waals surface area contributed by atoms with Crippen molar-refractivity contribution in [2.75, 3.05) is 0 Å². The fourth-order valence-electron chi connectivity index (χ4n) is 8.21. The van der Waals surface area contributed by atoms with Crippen molar-refractivity contribution in [3.8, 4) is 16.8 Å². The number of benzene rings is 9. The quantitative estimate of drug-likeness (QED) is 0.141. The molecule has 0 amide bonds. The zero-order valence-corrected chi connectivity index (χ0v) is 25.9. The Morgan fingerprint density at radius 3 is 1.94 bits per heavy atom. The summed E-state index contributed by atoms with van der Waals surface area (Å²) in [5.41, 5.74) is 7.71. The standard InChI is InChI=1S/C46H27NO/c1-3-12-32-28(10-1)22-24-37-39(32)27-31-21-20-29-11-2-4-13-33(29)44(31)45(37)47-41-18-7-5-14-35(41)40-26-30(23-25-42(40)47)34-16-9-17-38-36-15-6-8-19-43(36)48-46(34)38/h1-27H. The van der Waals surface area contributed by atoms with Gasteiger partial charge in [0.2, 0.25) is 0 Å². The van der Waals surface area contributed by atoms with Crippen LogP contribution in [0, 0.1) is 0 Å². The second-order valence-electron chi connectivity index (χ2n) is 12.9. The van der Waals surface area contributed by atoms with Crippen molar-refractivity contribution in [3.63, 3.8) is 0 Å². The molecule has 2 heterocycles. The summed E-state index contributed by atoms with van der Waals surface area (Å²) in [6.07, 6.45) is 0. The molecule has 0 aliphatic heterocycles. The summed E-state index contributed by atoms with van der Waals surface area (Å²) < 4.78 is 9.00. The summed E-state index contributed by atoms with van der Waals surface area (Å²) in [5.74, 6) is 0. The van der Waals surface area contributed by atoms with Gasteiger partial charge in [0.1, 0.15) is 11.2 Å². The lowest BCUT2D eigenvalue weighted by atomic mass is 9.93. The first-order valence-corrected chi connectivity index (χ1v) is 16.5. The maximum atomic E-state index is 6.48. The van der Waals surface area contributed by atoms with E-state index in [1.165, 1.54) is 70.6 Å². The Morgan fingerprint density at radius 1 is 0.375 bits per heavy atom. The topological polar surface area (TPSA) is 18.1 Å². The molecule has 2 nitrogen and oxygen atoms in total. The predicted molar refractivity (Wildman–Crippen MR) is 204 cm³/mol. The molecule has 0 fully saturated rings. The van der Waals surface area contributed by atoms with E-state index < -0.39 is 0 Å². The molecular weight excluding hydrogens is 583 g/mol. The van der Waals surface area contributed by atoms with E-state index in [-0.39, 0.29) is 0 Å². The number of para-hydroxylation sites is 3. The van der Waals surface area contributed by atoms with Crippen molar-refractivity contribution < 1.29 is 4.42 Å². The molecule has 0 atom stereocenters. The van der Waals surface area contributed by atoms with Crippen LogP contribution in [0.3, 0.4) is 0 Å². The molecule has 2 aromatic heterocycles. The van der Waals surface area contributed by atoms with Crippen LogP contribution in [0.25, 0.3) is 104 Å². The van der Waals surface area contributed by atoms with Gasteiger partial charge in [0.05, 0.1) is 16.7 Å². The predicted octanol–water partition coefficient (Wildman–Crippen LogP) is 13.0. The molecule has 0 radical (unpaired) electrons. The molecule has 0 saturated heterocycles. The molecular formula is C46H27NO. The molecule has 0 aliphatic rings. The number of furan rings is 1. The van der Waals surface area contributed by atoms with Gasteiger partial charge >= 0.3 is 0 Å². The highest BCUT2D eigenvalue weighted by Crippen LogP contribution is 2.44. The summed E-state index contributed by atoms with van der Waals surface area (Å²) in [4.78, 5) is 0. The van der Waals surface area contributed by atoms with E-state index in [1.54, 1.807) is 0 Å². The van der Waals surface area contributed by atoms with Crippen molar-refractivity contribution in [2.45, 2.75) is 0 Å². The Kier molecular flexibility index (Phi) is 5.14. The van der Waals surface area contributed by atoms with Gasteiger partial charge in [-0.3, -0.25) is 0 Å². The van der Waals surface area contributed by atoms with Gasteiger partial charge in [-0.25, -0.2) is 0 Å². The first-order chi connectivity index (χ1) is 23.8. The summed E-state index contributed by atoms with van der Waals surface area (Å²) in [5, 5.41) is 14.8. The Labute approximate surface area is 275 Å². The van der Waals surface area contributed by atoms with Crippen molar-refractivity contribution >= 4 is 86.8 Å². The smallest absolute Gasteiger partial charge is 0.143 e. The van der Waals surface area contributed by atoms with E-state index in [9.17, 15) is 0 Å². The third-order valence-corrected chi connectivity index (χ3v) is 10.3. The zero-order valence-electron chi connectivity index (χ0n) is 25.9. The van der Waals surface area contributed by atoms with E-state index in [1.807, 2.05) is 6.07 Å². The van der Waals surface area contributed by atoms with E-state index in [2.05, 4.69) is 162 Å². The van der Waals surface area contributed by atoms with Crippen LogP contribution in [-0.4, -0.2) is 4.57 Å². The van der Waals surface area contributed by atoms with E-state index in [0.717, 1.165) is 33.1 Å². The molecule has 0 saturated carbocycles. The Bertz CT molecular complexity index is 3120. The van der Waals surface area contributed by atoms with Gasteiger partial charge in [0.25, 0.3) is 0 Å². The third-order valence-electron chi connectivity index (χ3n) is 10.3. The summed E-state index contributed by atoms with van der Waals surface area (Å²) in [7, 11) is 0. The lowest BCUT2D eigenvalue weighted by Gasteiger charge is -2.18. The average molecular weight is 610 g/mol. The van der Waals surface area contributed by atoms with Gasteiger partial charge in [-0.2, -0.15) is 0 Å². The highest BCUT2D eigenvalue weighted by molar-refractivity contribution is 6.25. The normalized spacial score (nSPS) is 12.2. The highest BCUT2D eigenvalue weighted by atomic mass is 16.3. The van der Waals surface area contributed by atoms with Crippen LogP contribution in [-0.2, 0) is 0 Å². The van der Waals surface area contributed by atoms with Crippen LogP contribution in [0.5, 0.6) is 0 Å². The number of aromatic nitrogens is 1. The number of fused-ring (bicyclic) bond motifs is 12. The molecule has 9 aromatic carbocycles. The molecule has 11 aromatic rings. The van der Waals surface area contributed by atoms with Crippen LogP contribution in [0.4, 0.5) is 0 Å². The van der Waals surface area contributed by atoms with Gasteiger partial charge in [-0.05, 0) is 68.2 Å². The third kappa shape index (κ3) is 3.46. The van der Waals surface area contributed by atoms with Crippen molar-refractivity contribution in [1.29, 1.82) is 0 Å². The summed E-state index contributed by atoms with van der Waals surface area (Å²) in [6.45, 7) is 0. The lowest BCUT2D eigenvalue weighted by molar-refractivity contribution is 0.670. The second kappa shape index (κ2) is 9.57. The maximum Gasteiger partial charge on any atom is 0.143 e. The van der Waals surface area contributed by atoms with Crippen molar-refractivity contribution in [3.05, 3.63) is 164 Å². The van der Waals surface area contributed by atoms with Gasteiger partial charge in [-0.15, -0.1) is 0 Å². The monoisotopic (exact) mass is 609 g/mol. The molecule has 11 rings (SSSR count). The molecule has 0 spiro atoms. The van der Waals surface area contributed by atoms with Crippen LogP contribution < -0.4 is 0 Å². The van der Waals surface area contributed by atoms with Gasteiger partial charge < -0.3 is 8.98 Å².